The second-order valence-corrected chi connectivity index (χ2v) is 3.82. The molecule has 1 aromatic heterocycles. The lowest BCUT2D eigenvalue weighted by atomic mass is 10.0. The van der Waals surface area contributed by atoms with Crippen LogP contribution in [0.5, 0.6) is 0 Å². The van der Waals surface area contributed by atoms with E-state index < -0.39 is 11.6 Å². The number of anilines is 1. The molecule has 1 heterocycles. The van der Waals surface area contributed by atoms with E-state index in [4.69, 9.17) is 5.73 Å². The van der Waals surface area contributed by atoms with Crippen molar-refractivity contribution in [3.05, 3.63) is 35.5 Å². The van der Waals surface area contributed by atoms with Crippen molar-refractivity contribution in [1.82, 2.24) is 9.78 Å². The van der Waals surface area contributed by atoms with Crippen molar-refractivity contribution in [2.75, 3.05) is 5.73 Å². The average molecular weight is 237 g/mol. The minimum absolute atomic E-state index is 0.102. The number of aromatic nitrogens is 2. The van der Waals surface area contributed by atoms with Gasteiger partial charge in [0, 0.05) is 12.6 Å². The predicted molar refractivity (Wildman–Crippen MR) is 62.4 cm³/mol. The molecule has 0 saturated heterocycles. The highest BCUT2D eigenvalue weighted by Crippen LogP contribution is 2.31. The fourth-order valence-corrected chi connectivity index (χ4v) is 1.76. The number of hydrogen-bond donors (Lipinski definition) is 1. The highest BCUT2D eigenvalue weighted by atomic mass is 19.1. The SMILES string of the molecule is CCc1ccc(F)c(-c2cnn(C)c2N)c1F. The number of rotatable bonds is 2. The third kappa shape index (κ3) is 1.77. The lowest BCUT2D eigenvalue weighted by Crippen LogP contribution is -2.01. The Morgan fingerprint density at radius 2 is 2.06 bits per heavy atom. The van der Waals surface area contributed by atoms with E-state index in [-0.39, 0.29) is 16.9 Å². The molecule has 90 valence electrons. The zero-order valence-corrected chi connectivity index (χ0v) is 9.67. The highest BCUT2D eigenvalue weighted by molar-refractivity contribution is 5.75. The number of nitrogens with zero attached hydrogens (tertiary/aromatic N) is 2. The first-order chi connectivity index (χ1) is 8.06. The molecule has 0 fully saturated rings. The normalized spacial score (nSPS) is 10.8. The molecule has 0 amide bonds. The van der Waals surface area contributed by atoms with Crippen molar-refractivity contribution in [1.29, 1.82) is 0 Å². The quantitative estimate of drug-likeness (QED) is 0.872. The van der Waals surface area contributed by atoms with Crippen LogP contribution in [-0.2, 0) is 13.5 Å². The number of aryl methyl sites for hydroxylation is 2. The standard InChI is InChI=1S/C12H13F2N3/c1-3-7-4-5-9(13)10(11(7)14)8-6-16-17(2)12(8)15/h4-6H,3,15H2,1-2H3. The number of halogens is 2. The topological polar surface area (TPSA) is 43.8 Å². The summed E-state index contributed by atoms with van der Waals surface area (Å²) in [4.78, 5) is 0. The Morgan fingerprint density at radius 1 is 1.35 bits per heavy atom. The van der Waals surface area contributed by atoms with E-state index in [2.05, 4.69) is 5.10 Å². The molecule has 1 aromatic carbocycles. The highest BCUT2D eigenvalue weighted by Gasteiger charge is 2.18. The van der Waals surface area contributed by atoms with Crippen molar-refractivity contribution < 1.29 is 8.78 Å². The van der Waals surface area contributed by atoms with E-state index in [1.165, 1.54) is 23.0 Å². The average Bonchev–Trinajstić information content (AvgIpc) is 2.62. The van der Waals surface area contributed by atoms with Crippen LogP contribution in [0, 0.1) is 11.6 Å². The van der Waals surface area contributed by atoms with Crippen LogP contribution in [0.25, 0.3) is 11.1 Å². The van der Waals surface area contributed by atoms with Gasteiger partial charge in [-0.05, 0) is 18.1 Å². The van der Waals surface area contributed by atoms with Crippen LogP contribution in [0.2, 0.25) is 0 Å². The van der Waals surface area contributed by atoms with E-state index in [0.29, 0.717) is 12.0 Å². The maximum absolute atomic E-state index is 14.1. The summed E-state index contributed by atoms with van der Waals surface area (Å²) in [5.41, 5.74) is 6.38. The summed E-state index contributed by atoms with van der Waals surface area (Å²) in [7, 11) is 1.62. The molecule has 5 heteroatoms. The van der Waals surface area contributed by atoms with Crippen molar-refractivity contribution >= 4 is 5.82 Å². The van der Waals surface area contributed by atoms with Crippen LogP contribution in [0.4, 0.5) is 14.6 Å². The van der Waals surface area contributed by atoms with Gasteiger partial charge in [-0.25, -0.2) is 8.78 Å². The minimum atomic E-state index is -0.626. The van der Waals surface area contributed by atoms with Gasteiger partial charge in [0.15, 0.2) is 0 Å². The number of benzene rings is 1. The largest absolute Gasteiger partial charge is 0.383 e. The monoisotopic (exact) mass is 237 g/mol. The summed E-state index contributed by atoms with van der Waals surface area (Å²) < 4.78 is 29.2. The summed E-state index contributed by atoms with van der Waals surface area (Å²) in [6.07, 6.45) is 1.87. The number of nitrogen functional groups attached to an aromatic ring is 1. The smallest absolute Gasteiger partial charge is 0.137 e. The van der Waals surface area contributed by atoms with Gasteiger partial charge in [-0.3, -0.25) is 4.68 Å². The third-order valence-corrected chi connectivity index (χ3v) is 2.81. The maximum atomic E-state index is 14.1. The van der Waals surface area contributed by atoms with Crippen LogP contribution in [0.15, 0.2) is 18.3 Å². The van der Waals surface area contributed by atoms with Crippen molar-refractivity contribution in [3.8, 4) is 11.1 Å². The Labute approximate surface area is 97.9 Å². The van der Waals surface area contributed by atoms with Crippen molar-refractivity contribution in [3.63, 3.8) is 0 Å². The molecule has 0 saturated carbocycles. The Kier molecular flexibility index (Phi) is 2.83. The van der Waals surface area contributed by atoms with E-state index in [1.807, 2.05) is 6.92 Å². The zero-order chi connectivity index (χ0) is 12.6. The first-order valence-electron chi connectivity index (χ1n) is 5.31. The van der Waals surface area contributed by atoms with Gasteiger partial charge in [0.2, 0.25) is 0 Å². The second kappa shape index (κ2) is 4.16. The summed E-state index contributed by atoms with van der Waals surface area (Å²) in [6, 6.07) is 2.70. The van der Waals surface area contributed by atoms with Crippen LogP contribution >= 0.6 is 0 Å². The molecule has 0 unspecified atom stereocenters. The molecule has 0 radical (unpaired) electrons. The molecule has 2 rings (SSSR count). The van der Waals surface area contributed by atoms with E-state index in [1.54, 1.807) is 7.05 Å². The summed E-state index contributed by atoms with van der Waals surface area (Å²) in [5, 5.41) is 3.89. The lowest BCUT2D eigenvalue weighted by Gasteiger charge is -2.08. The Hall–Kier alpha value is -1.91. The molecule has 0 spiro atoms. The Balaban J connectivity index is 2.70. The first kappa shape index (κ1) is 11.6. The fourth-order valence-electron chi connectivity index (χ4n) is 1.76. The molecule has 0 atom stereocenters. The van der Waals surface area contributed by atoms with Crippen LogP contribution in [0.3, 0.4) is 0 Å². The second-order valence-electron chi connectivity index (χ2n) is 3.82. The molecule has 0 aliphatic rings. The zero-order valence-electron chi connectivity index (χ0n) is 9.67. The number of hydrogen-bond acceptors (Lipinski definition) is 2. The predicted octanol–water partition coefficient (Wildman–Crippen LogP) is 2.51. The molecule has 0 aliphatic heterocycles. The van der Waals surface area contributed by atoms with E-state index >= 15 is 0 Å². The maximum Gasteiger partial charge on any atom is 0.137 e. The molecular formula is C12H13F2N3. The molecule has 2 N–H and O–H groups in total. The van der Waals surface area contributed by atoms with Gasteiger partial charge in [-0.2, -0.15) is 5.10 Å². The third-order valence-electron chi connectivity index (χ3n) is 2.81. The molecule has 0 aliphatic carbocycles. The van der Waals surface area contributed by atoms with Gasteiger partial charge < -0.3 is 5.73 Å². The van der Waals surface area contributed by atoms with E-state index in [9.17, 15) is 8.78 Å². The van der Waals surface area contributed by atoms with Gasteiger partial charge in [-0.15, -0.1) is 0 Å². The fraction of sp³-hybridized carbons (Fsp3) is 0.250. The summed E-state index contributed by atoms with van der Waals surface area (Å²) >= 11 is 0. The lowest BCUT2D eigenvalue weighted by molar-refractivity contribution is 0.580. The minimum Gasteiger partial charge on any atom is -0.383 e. The Bertz CT molecular complexity index is 561. The van der Waals surface area contributed by atoms with Gasteiger partial charge in [0.1, 0.15) is 17.5 Å². The van der Waals surface area contributed by atoms with Gasteiger partial charge >= 0.3 is 0 Å². The van der Waals surface area contributed by atoms with Crippen LogP contribution in [-0.4, -0.2) is 9.78 Å². The van der Waals surface area contributed by atoms with Gasteiger partial charge in [-0.1, -0.05) is 13.0 Å². The van der Waals surface area contributed by atoms with Gasteiger partial charge in [0.05, 0.1) is 11.8 Å². The first-order valence-corrected chi connectivity index (χ1v) is 5.31. The van der Waals surface area contributed by atoms with Gasteiger partial charge in [0.25, 0.3) is 0 Å². The number of nitrogens with two attached hydrogens (primary N) is 1. The molecule has 17 heavy (non-hydrogen) atoms. The molecular weight excluding hydrogens is 224 g/mol. The summed E-state index contributed by atoms with van der Waals surface area (Å²) in [5.74, 6) is -0.942. The summed E-state index contributed by atoms with van der Waals surface area (Å²) in [6.45, 7) is 1.81. The van der Waals surface area contributed by atoms with Crippen LogP contribution in [0.1, 0.15) is 12.5 Å². The molecule has 3 nitrogen and oxygen atoms in total. The van der Waals surface area contributed by atoms with Crippen molar-refractivity contribution in [2.24, 2.45) is 7.05 Å². The van der Waals surface area contributed by atoms with Crippen molar-refractivity contribution in [2.45, 2.75) is 13.3 Å². The Morgan fingerprint density at radius 3 is 2.59 bits per heavy atom. The van der Waals surface area contributed by atoms with Crippen LogP contribution < -0.4 is 5.73 Å². The molecule has 2 aromatic rings. The molecule has 0 bridgehead atoms. The van der Waals surface area contributed by atoms with E-state index in [0.717, 1.165) is 0 Å².